The molecule has 0 aromatic heterocycles. The molecule has 0 aromatic rings. The smallest absolute Gasteiger partial charge is 0.300 e. The van der Waals surface area contributed by atoms with Crippen molar-refractivity contribution in [1.82, 2.24) is 0 Å². The minimum absolute atomic E-state index is 0.255. The molecule has 0 aliphatic carbocycles. The van der Waals surface area contributed by atoms with Crippen LogP contribution in [0.1, 0.15) is 27.2 Å². The summed E-state index contributed by atoms with van der Waals surface area (Å²) < 4.78 is 0. The molecule has 0 saturated carbocycles. The Balaban J connectivity index is -0.000000117. The molecule has 0 atom stereocenters. The number of hydrogen-bond donors (Lipinski definition) is 3. The number of aliphatic hydroxyl groups excluding tert-OH is 1. The molecule has 0 unspecified atom stereocenters. The summed E-state index contributed by atoms with van der Waals surface area (Å²) in [6, 6.07) is 0. The number of hydrogen-bond acceptors (Lipinski definition) is 3. The summed E-state index contributed by atoms with van der Waals surface area (Å²) in [6.45, 7) is 7.25. The van der Waals surface area contributed by atoms with Gasteiger partial charge in [-0.1, -0.05) is 13.5 Å². The highest BCUT2D eigenvalue weighted by Crippen LogP contribution is 1.84. The third-order valence-electron chi connectivity index (χ3n) is 0.408. The van der Waals surface area contributed by atoms with Gasteiger partial charge in [-0.05, 0) is 0 Å². The fourth-order valence-electron chi connectivity index (χ4n) is 0. The van der Waals surface area contributed by atoms with Crippen molar-refractivity contribution in [3.05, 3.63) is 12.3 Å². The zero-order valence-corrected chi connectivity index (χ0v) is 8.07. The molecule has 5 heteroatoms. The van der Waals surface area contributed by atoms with Gasteiger partial charge in [0.2, 0.25) is 0 Å². The summed E-state index contributed by atoms with van der Waals surface area (Å²) in [6.07, 6.45) is 0.667. The maximum Gasteiger partial charge on any atom is 0.300 e. The monoisotopic (exact) mass is 192 g/mol. The minimum atomic E-state index is -0.833. The third kappa shape index (κ3) is 3270. The van der Waals surface area contributed by atoms with Crippen LogP contribution in [-0.4, -0.2) is 27.3 Å². The van der Waals surface area contributed by atoms with E-state index in [0.717, 1.165) is 13.8 Å². The molecule has 3 N–H and O–H groups in total. The third-order valence-corrected chi connectivity index (χ3v) is 0.408. The van der Waals surface area contributed by atoms with E-state index in [2.05, 4.69) is 6.58 Å². The number of carbonyl (C=O) groups is 2. The summed E-state index contributed by atoms with van der Waals surface area (Å²) in [5, 5.41) is 23.0. The van der Waals surface area contributed by atoms with Crippen LogP contribution in [0.15, 0.2) is 12.3 Å². The van der Waals surface area contributed by atoms with Crippen molar-refractivity contribution in [2.24, 2.45) is 0 Å². The number of aliphatic carboxylic acids is 2. The molecule has 0 aliphatic rings. The number of carboxylic acids is 2. The molecular weight excluding hydrogens is 176 g/mol. The summed E-state index contributed by atoms with van der Waals surface area (Å²) in [7, 11) is 0. The van der Waals surface area contributed by atoms with Gasteiger partial charge >= 0.3 is 0 Å². The number of allylic oxidation sites excluding steroid dienone is 1. The highest BCUT2D eigenvalue weighted by atomic mass is 16.4. The molecule has 0 heterocycles. The lowest BCUT2D eigenvalue weighted by molar-refractivity contribution is -0.135. The topological polar surface area (TPSA) is 94.8 Å². The van der Waals surface area contributed by atoms with Crippen LogP contribution < -0.4 is 0 Å². The quantitative estimate of drug-likeness (QED) is 0.549. The number of aliphatic hydroxyl groups is 1. The van der Waals surface area contributed by atoms with E-state index >= 15 is 0 Å². The van der Waals surface area contributed by atoms with E-state index in [1.807, 2.05) is 6.92 Å². The predicted octanol–water partition coefficient (Wildman–Crippen LogP) is 1.65. The minimum Gasteiger partial charge on any atom is -0.513 e. The van der Waals surface area contributed by atoms with Gasteiger partial charge < -0.3 is 15.3 Å². The first-order valence-corrected chi connectivity index (χ1v) is 3.49. The largest absolute Gasteiger partial charge is 0.513 e. The average Bonchev–Trinajstić information content (AvgIpc) is 1.84. The zero-order chi connectivity index (χ0) is 11.4. The van der Waals surface area contributed by atoms with Crippen LogP contribution in [0.4, 0.5) is 0 Å². The van der Waals surface area contributed by atoms with Gasteiger partial charge in [0.25, 0.3) is 11.9 Å². The molecule has 0 fully saturated rings. The predicted molar refractivity (Wildman–Crippen MR) is 48.7 cm³/mol. The van der Waals surface area contributed by atoms with Crippen molar-refractivity contribution < 1.29 is 24.9 Å². The van der Waals surface area contributed by atoms with Crippen molar-refractivity contribution in [1.29, 1.82) is 0 Å². The Morgan fingerprint density at radius 3 is 1.15 bits per heavy atom. The average molecular weight is 192 g/mol. The molecule has 0 radical (unpaired) electrons. The van der Waals surface area contributed by atoms with Crippen LogP contribution in [0.5, 0.6) is 0 Å². The SMILES string of the molecule is C=C(O)CC.CC(=O)O.CC(=O)O. The van der Waals surface area contributed by atoms with E-state index in [1.165, 1.54) is 0 Å². The lowest BCUT2D eigenvalue weighted by Gasteiger charge is -1.80. The molecule has 0 bridgehead atoms. The second-order valence-corrected chi connectivity index (χ2v) is 1.96. The van der Waals surface area contributed by atoms with Crippen molar-refractivity contribution in [3.8, 4) is 0 Å². The molecule has 0 aromatic carbocycles. The van der Waals surface area contributed by atoms with Crippen molar-refractivity contribution in [2.45, 2.75) is 27.2 Å². The van der Waals surface area contributed by atoms with Gasteiger partial charge in [-0.15, -0.1) is 0 Å². The van der Waals surface area contributed by atoms with Gasteiger partial charge in [-0.3, -0.25) is 9.59 Å². The van der Waals surface area contributed by atoms with Gasteiger partial charge in [-0.2, -0.15) is 0 Å². The van der Waals surface area contributed by atoms with E-state index in [9.17, 15) is 0 Å². The van der Waals surface area contributed by atoms with E-state index < -0.39 is 11.9 Å². The molecule has 0 saturated heterocycles. The summed E-state index contributed by atoms with van der Waals surface area (Å²) >= 11 is 0. The van der Waals surface area contributed by atoms with Crippen molar-refractivity contribution >= 4 is 11.9 Å². The van der Waals surface area contributed by atoms with E-state index in [4.69, 9.17) is 24.9 Å². The standard InChI is InChI=1S/C4H8O.2C2H4O2/c1-3-4(2)5;2*1-2(3)4/h5H,2-3H2,1H3;2*1H3,(H,3,4). The zero-order valence-electron chi connectivity index (χ0n) is 8.07. The maximum atomic E-state index is 9.00. The molecule has 78 valence electrons. The Morgan fingerprint density at radius 2 is 1.15 bits per heavy atom. The Bertz CT molecular complexity index is 142. The molecule has 0 spiro atoms. The van der Waals surface area contributed by atoms with Gasteiger partial charge in [0.05, 0.1) is 5.76 Å². The molecule has 0 amide bonds. The highest BCUT2D eigenvalue weighted by Gasteiger charge is 1.70. The van der Waals surface area contributed by atoms with E-state index in [-0.39, 0.29) is 5.76 Å². The number of rotatable bonds is 1. The second kappa shape index (κ2) is 13.1. The lowest BCUT2D eigenvalue weighted by Crippen LogP contribution is -1.78. The lowest BCUT2D eigenvalue weighted by atomic mass is 10.4. The fraction of sp³-hybridized carbons (Fsp3) is 0.500. The van der Waals surface area contributed by atoms with Crippen LogP contribution in [0.25, 0.3) is 0 Å². The first-order valence-electron chi connectivity index (χ1n) is 3.49. The van der Waals surface area contributed by atoms with Gasteiger partial charge in [0, 0.05) is 20.3 Å². The summed E-state index contributed by atoms with van der Waals surface area (Å²) in [4.78, 5) is 18.0. The summed E-state index contributed by atoms with van der Waals surface area (Å²) in [5.74, 6) is -1.41. The first kappa shape index (κ1) is 17.5. The van der Waals surface area contributed by atoms with Crippen LogP contribution >= 0.6 is 0 Å². The molecular formula is C8H16O5. The second-order valence-electron chi connectivity index (χ2n) is 1.96. The maximum absolute atomic E-state index is 9.00. The molecule has 5 nitrogen and oxygen atoms in total. The van der Waals surface area contributed by atoms with Crippen LogP contribution in [0.2, 0.25) is 0 Å². The normalized spacial score (nSPS) is 6.69. The van der Waals surface area contributed by atoms with Crippen molar-refractivity contribution in [2.75, 3.05) is 0 Å². The van der Waals surface area contributed by atoms with Crippen LogP contribution in [0.3, 0.4) is 0 Å². The highest BCUT2D eigenvalue weighted by molar-refractivity contribution is 5.63. The Morgan fingerprint density at radius 1 is 1.08 bits per heavy atom. The van der Waals surface area contributed by atoms with Gasteiger partial charge in [0.1, 0.15) is 0 Å². The molecule has 0 rings (SSSR count). The van der Waals surface area contributed by atoms with Gasteiger partial charge in [-0.25, -0.2) is 0 Å². The Kier molecular flexibility index (Phi) is 17.7. The van der Waals surface area contributed by atoms with E-state index in [1.54, 1.807) is 0 Å². The Labute approximate surface area is 77.3 Å². The Hall–Kier alpha value is -1.52. The van der Waals surface area contributed by atoms with Crippen LogP contribution in [-0.2, 0) is 9.59 Å². The number of carboxylic acid groups (broad SMARTS) is 2. The molecule has 0 aliphatic heterocycles. The fourth-order valence-corrected chi connectivity index (χ4v) is 0. The van der Waals surface area contributed by atoms with Crippen LogP contribution in [0, 0.1) is 0 Å². The van der Waals surface area contributed by atoms with E-state index in [0.29, 0.717) is 6.42 Å². The van der Waals surface area contributed by atoms with Crippen molar-refractivity contribution in [3.63, 3.8) is 0 Å². The summed E-state index contributed by atoms with van der Waals surface area (Å²) in [5.41, 5.74) is 0. The first-order chi connectivity index (χ1) is 5.73. The van der Waals surface area contributed by atoms with Gasteiger partial charge in [0.15, 0.2) is 0 Å². The molecule has 13 heavy (non-hydrogen) atoms.